The smallest absolute Gasteiger partial charge is 0.336 e. The number of carbonyl (C=O) groups excluding carboxylic acids is 1. The molecule has 0 saturated carbocycles. The van der Waals surface area contributed by atoms with Gasteiger partial charge in [-0.1, -0.05) is 73.5 Å². The molecule has 0 aliphatic carbocycles. The van der Waals surface area contributed by atoms with E-state index in [0.29, 0.717) is 23.6 Å². The number of carbonyl (C=O) groups is 2. The van der Waals surface area contributed by atoms with Gasteiger partial charge < -0.3 is 10.0 Å². The molecule has 0 aliphatic heterocycles. The molecule has 0 unspecified atom stereocenters. The quantitative estimate of drug-likeness (QED) is 0.456. The van der Waals surface area contributed by atoms with E-state index in [0.717, 1.165) is 29.7 Å². The molecular formula is C25H24ClNO3. The van der Waals surface area contributed by atoms with Crippen molar-refractivity contribution in [3.05, 3.63) is 88.9 Å². The van der Waals surface area contributed by atoms with E-state index in [4.69, 9.17) is 11.6 Å². The second kappa shape index (κ2) is 10.1. The maximum absolute atomic E-state index is 12.8. The van der Waals surface area contributed by atoms with E-state index in [2.05, 4.69) is 6.92 Å². The summed E-state index contributed by atoms with van der Waals surface area (Å²) in [7, 11) is 0. The molecule has 4 nitrogen and oxygen atoms in total. The fraction of sp³-hybridized carbons (Fsp3) is 0.200. The van der Waals surface area contributed by atoms with Crippen LogP contribution in [0.5, 0.6) is 0 Å². The van der Waals surface area contributed by atoms with Crippen LogP contribution in [0.3, 0.4) is 0 Å². The molecule has 154 valence electrons. The van der Waals surface area contributed by atoms with E-state index in [1.807, 2.05) is 42.5 Å². The normalized spacial score (nSPS) is 10.6. The number of rotatable bonds is 8. The Morgan fingerprint density at radius 1 is 0.967 bits per heavy atom. The molecule has 0 saturated heterocycles. The number of hydrogen-bond acceptors (Lipinski definition) is 2. The highest BCUT2D eigenvalue weighted by Crippen LogP contribution is 2.26. The topological polar surface area (TPSA) is 57.6 Å². The zero-order chi connectivity index (χ0) is 21.5. The van der Waals surface area contributed by atoms with E-state index >= 15 is 0 Å². The number of amides is 1. The largest absolute Gasteiger partial charge is 0.478 e. The van der Waals surface area contributed by atoms with Crippen LogP contribution in [0.15, 0.2) is 72.8 Å². The number of aromatic carboxylic acids is 1. The molecule has 0 fully saturated rings. The van der Waals surface area contributed by atoms with Gasteiger partial charge in [-0.25, -0.2) is 4.79 Å². The molecule has 0 heterocycles. The van der Waals surface area contributed by atoms with Crippen molar-refractivity contribution < 1.29 is 14.7 Å². The second-order valence-electron chi connectivity index (χ2n) is 7.11. The molecule has 0 spiro atoms. The van der Waals surface area contributed by atoms with Gasteiger partial charge in [0, 0.05) is 17.1 Å². The van der Waals surface area contributed by atoms with Crippen molar-refractivity contribution in [3.63, 3.8) is 0 Å². The average molecular weight is 422 g/mol. The Balaban J connectivity index is 1.87. The number of carboxylic acids is 1. The first-order valence-electron chi connectivity index (χ1n) is 9.97. The fourth-order valence-electron chi connectivity index (χ4n) is 3.32. The van der Waals surface area contributed by atoms with E-state index in [-0.39, 0.29) is 11.5 Å². The van der Waals surface area contributed by atoms with Crippen LogP contribution in [0.2, 0.25) is 5.02 Å². The minimum atomic E-state index is -0.955. The first kappa shape index (κ1) is 21.6. The Labute approximate surface area is 181 Å². The van der Waals surface area contributed by atoms with Crippen LogP contribution in [-0.2, 0) is 11.3 Å². The highest BCUT2D eigenvalue weighted by molar-refractivity contribution is 6.30. The van der Waals surface area contributed by atoms with E-state index < -0.39 is 5.97 Å². The van der Waals surface area contributed by atoms with Crippen molar-refractivity contribution in [1.29, 1.82) is 0 Å². The molecule has 1 N–H and O–H groups in total. The summed E-state index contributed by atoms with van der Waals surface area (Å²) in [6.45, 7) is 2.48. The molecule has 1 amide bonds. The number of unbranched alkanes of at least 4 members (excludes halogenated alkanes) is 1. The van der Waals surface area contributed by atoms with Gasteiger partial charge in [0.25, 0.3) is 0 Å². The van der Waals surface area contributed by atoms with Gasteiger partial charge in [-0.05, 0) is 47.4 Å². The van der Waals surface area contributed by atoms with Gasteiger partial charge in [0.15, 0.2) is 0 Å². The SMILES string of the molecule is CCCCC(=O)N(Cc1ccc(-c2ccccc2C(=O)O)cc1)c1cccc(Cl)c1. The van der Waals surface area contributed by atoms with Crippen molar-refractivity contribution in [1.82, 2.24) is 0 Å². The van der Waals surface area contributed by atoms with Crippen molar-refractivity contribution >= 4 is 29.2 Å². The highest BCUT2D eigenvalue weighted by Gasteiger charge is 2.17. The van der Waals surface area contributed by atoms with Gasteiger partial charge in [-0.15, -0.1) is 0 Å². The third-order valence-corrected chi connectivity index (χ3v) is 5.16. The molecule has 0 radical (unpaired) electrons. The van der Waals surface area contributed by atoms with Gasteiger partial charge in [0.05, 0.1) is 12.1 Å². The Hall–Kier alpha value is -3.11. The number of anilines is 1. The molecule has 0 aliphatic rings. The third kappa shape index (κ3) is 5.28. The van der Waals surface area contributed by atoms with Gasteiger partial charge in [-0.2, -0.15) is 0 Å². The lowest BCUT2D eigenvalue weighted by Crippen LogP contribution is -2.30. The molecule has 3 aromatic rings. The fourth-order valence-corrected chi connectivity index (χ4v) is 3.51. The standard InChI is InChI=1S/C25H24ClNO3/c1-2-3-11-24(28)27(21-8-6-7-20(26)16-21)17-18-12-14-19(15-13-18)22-9-4-5-10-23(22)25(29)30/h4-10,12-16H,2-3,11,17H2,1H3,(H,29,30). The maximum Gasteiger partial charge on any atom is 0.336 e. The van der Waals surface area contributed by atoms with Crippen LogP contribution in [0.25, 0.3) is 11.1 Å². The second-order valence-corrected chi connectivity index (χ2v) is 7.55. The minimum Gasteiger partial charge on any atom is -0.478 e. The van der Waals surface area contributed by atoms with E-state index in [1.54, 1.807) is 35.2 Å². The molecule has 5 heteroatoms. The summed E-state index contributed by atoms with van der Waals surface area (Å²) in [6, 6.07) is 21.9. The average Bonchev–Trinajstić information content (AvgIpc) is 2.76. The minimum absolute atomic E-state index is 0.0550. The van der Waals surface area contributed by atoms with E-state index in [1.165, 1.54) is 0 Å². The molecule has 30 heavy (non-hydrogen) atoms. The number of carboxylic acid groups (broad SMARTS) is 1. The third-order valence-electron chi connectivity index (χ3n) is 4.93. The monoisotopic (exact) mass is 421 g/mol. The predicted molar refractivity (Wildman–Crippen MR) is 121 cm³/mol. The summed E-state index contributed by atoms with van der Waals surface area (Å²) in [5.41, 5.74) is 3.48. The first-order chi connectivity index (χ1) is 14.5. The number of benzene rings is 3. The lowest BCUT2D eigenvalue weighted by Gasteiger charge is -2.23. The highest BCUT2D eigenvalue weighted by atomic mass is 35.5. The lowest BCUT2D eigenvalue weighted by molar-refractivity contribution is -0.118. The van der Waals surface area contributed by atoms with Crippen molar-refractivity contribution in [3.8, 4) is 11.1 Å². The van der Waals surface area contributed by atoms with Crippen molar-refractivity contribution in [2.45, 2.75) is 32.7 Å². The molecule has 3 aromatic carbocycles. The van der Waals surface area contributed by atoms with Crippen LogP contribution in [-0.4, -0.2) is 17.0 Å². The van der Waals surface area contributed by atoms with Crippen LogP contribution < -0.4 is 4.90 Å². The Morgan fingerprint density at radius 3 is 2.37 bits per heavy atom. The molecule has 0 atom stereocenters. The van der Waals surface area contributed by atoms with Gasteiger partial charge in [0.1, 0.15) is 0 Å². The summed E-state index contributed by atoms with van der Waals surface area (Å²) >= 11 is 6.14. The summed E-state index contributed by atoms with van der Waals surface area (Å²) in [5.74, 6) is -0.900. The lowest BCUT2D eigenvalue weighted by atomic mass is 9.98. The van der Waals surface area contributed by atoms with Crippen LogP contribution in [0, 0.1) is 0 Å². The Morgan fingerprint density at radius 2 is 1.70 bits per heavy atom. The molecule has 0 aromatic heterocycles. The van der Waals surface area contributed by atoms with Crippen LogP contribution >= 0.6 is 11.6 Å². The predicted octanol–water partition coefficient (Wildman–Crippen LogP) is 6.43. The summed E-state index contributed by atoms with van der Waals surface area (Å²) in [4.78, 5) is 26.1. The Bertz CT molecular complexity index is 1030. The molecule has 0 bridgehead atoms. The van der Waals surface area contributed by atoms with Crippen LogP contribution in [0.4, 0.5) is 5.69 Å². The first-order valence-corrected chi connectivity index (χ1v) is 10.3. The van der Waals surface area contributed by atoms with Gasteiger partial charge in [-0.3, -0.25) is 4.79 Å². The van der Waals surface area contributed by atoms with Crippen LogP contribution in [0.1, 0.15) is 42.1 Å². The van der Waals surface area contributed by atoms with Gasteiger partial charge in [0.2, 0.25) is 5.91 Å². The number of nitrogens with zero attached hydrogens (tertiary/aromatic N) is 1. The maximum atomic E-state index is 12.8. The zero-order valence-corrected chi connectivity index (χ0v) is 17.6. The van der Waals surface area contributed by atoms with Crippen molar-refractivity contribution in [2.24, 2.45) is 0 Å². The van der Waals surface area contributed by atoms with E-state index in [9.17, 15) is 14.7 Å². The summed E-state index contributed by atoms with van der Waals surface area (Å²) in [6.07, 6.45) is 2.26. The summed E-state index contributed by atoms with van der Waals surface area (Å²) < 4.78 is 0. The molecular weight excluding hydrogens is 398 g/mol. The number of halogens is 1. The zero-order valence-electron chi connectivity index (χ0n) is 16.8. The summed E-state index contributed by atoms with van der Waals surface area (Å²) in [5, 5.41) is 10.0. The van der Waals surface area contributed by atoms with Gasteiger partial charge >= 0.3 is 5.97 Å². The Kier molecular flexibility index (Phi) is 7.26. The molecule has 3 rings (SSSR count). The number of hydrogen-bond donors (Lipinski definition) is 1. The van der Waals surface area contributed by atoms with Crippen molar-refractivity contribution in [2.75, 3.05) is 4.90 Å².